The standard InChI is InChI=1S/C30H39N3O6S/c1-5-17-40(36,37)33(2)25-15-9-13-23(19-25)30(35)32-26(18-22-11-7-6-8-12-22)27(34)21-31-20-24-14-10-16-28(38-3)29(24)39-4/h6-16,19,26-27,31,34H,5,17-18,20-21H2,1-4H3,(H,32,35)/t26-,27+/m0/s1. The minimum absolute atomic E-state index is 0.0138. The number of hydrogen-bond donors (Lipinski definition) is 3. The first-order valence-corrected chi connectivity index (χ1v) is 14.8. The maximum atomic E-state index is 13.3. The number of methoxy groups -OCH3 is 2. The summed E-state index contributed by atoms with van der Waals surface area (Å²) in [6.07, 6.45) is -0.0241. The molecule has 3 aromatic carbocycles. The van der Waals surface area contributed by atoms with Crippen LogP contribution in [0.25, 0.3) is 0 Å². The number of aliphatic hydroxyl groups is 1. The van der Waals surface area contributed by atoms with Gasteiger partial charge in [-0.25, -0.2) is 8.42 Å². The number of ether oxygens (including phenoxy) is 2. The monoisotopic (exact) mass is 569 g/mol. The summed E-state index contributed by atoms with van der Waals surface area (Å²) in [7, 11) is 1.14. The Hall–Kier alpha value is -3.60. The van der Waals surface area contributed by atoms with Gasteiger partial charge < -0.3 is 25.2 Å². The van der Waals surface area contributed by atoms with Gasteiger partial charge in [0.1, 0.15) is 0 Å². The van der Waals surface area contributed by atoms with Crippen LogP contribution in [-0.2, 0) is 23.0 Å². The molecule has 0 heterocycles. The lowest BCUT2D eigenvalue weighted by Crippen LogP contribution is -2.48. The average Bonchev–Trinajstić information content (AvgIpc) is 2.96. The van der Waals surface area contributed by atoms with Gasteiger partial charge in [0.25, 0.3) is 5.91 Å². The van der Waals surface area contributed by atoms with Crippen LogP contribution in [0.3, 0.4) is 0 Å². The van der Waals surface area contributed by atoms with Gasteiger partial charge >= 0.3 is 0 Å². The first kappa shape index (κ1) is 30.9. The fourth-order valence-corrected chi connectivity index (χ4v) is 5.62. The zero-order valence-electron chi connectivity index (χ0n) is 23.5. The van der Waals surface area contributed by atoms with Crippen molar-refractivity contribution in [2.24, 2.45) is 0 Å². The second kappa shape index (κ2) is 14.7. The Bertz CT molecular complexity index is 1350. The van der Waals surface area contributed by atoms with E-state index in [0.29, 0.717) is 42.1 Å². The van der Waals surface area contributed by atoms with Crippen LogP contribution in [0.2, 0.25) is 0 Å². The van der Waals surface area contributed by atoms with E-state index in [0.717, 1.165) is 11.1 Å². The Morgan fingerprint density at radius 2 is 1.73 bits per heavy atom. The number of amides is 1. The third-order valence-electron chi connectivity index (χ3n) is 6.58. The highest BCUT2D eigenvalue weighted by Crippen LogP contribution is 2.30. The molecule has 40 heavy (non-hydrogen) atoms. The van der Waals surface area contributed by atoms with Crippen LogP contribution in [0.15, 0.2) is 72.8 Å². The van der Waals surface area contributed by atoms with Crippen LogP contribution < -0.4 is 24.4 Å². The van der Waals surface area contributed by atoms with Crippen LogP contribution in [0.1, 0.15) is 34.8 Å². The molecule has 3 N–H and O–H groups in total. The van der Waals surface area contributed by atoms with Gasteiger partial charge in [0.2, 0.25) is 10.0 Å². The minimum atomic E-state index is -3.49. The summed E-state index contributed by atoms with van der Waals surface area (Å²) in [6, 6.07) is 21.0. The van der Waals surface area contributed by atoms with Gasteiger partial charge in [0.05, 0.1) is 37.8 Å². The van der Waals surface area contributed by atoms with Gasteiger partial charge in [-0.3, -0.25) is 9.10 Å². The van der Waals surface area contributed by atoms with E-state index in [-0.39, 0.29) is 12.3 Å². The molecular weight excluding hydrogens is 530 g/mol. The molecule has 216 valence electrons. The number of carbonyl (C=O) groups excluding carboxylic acids is 1. The summed E-state index contributed by atoms with van der Waals surface area (Å²) in [5.74, 6) is 0.844. The van der Waals surface area contributed by atoms with E-state index in [4.69, 9.17) is 9.47 Å². The third-order valence-corrected chi connectivity index (χ3v) is 8.55. The number of para-hydroxylation sites is 1. The molecule has 3 rings (SSSR count). The smallest absolute Gasteiger partial charge is 0.251 e. The van der Waals surface area contributed by atoms with Gasteiger partial charge in [0, 0.05) is 31.3 Å². The molecule has 2 atom stereocenters. The molecule has 0 saturated heterocycles. The molecule has 0 unspecified atom stereocenters. The lowest BCUT2D eigenvalue weighted by molar-refractivity contribution is 0.0830. The molecule has 0 spiro atoms. The van der Waals surface area contributed by atoms with Crippen LogP contribution in [0.5, 0.6) is 11.5 Å². The van der Waals surface area contributed by atoms with Crippen molar-refractivity contribution in [3.63, 3.8) is 0 Å². The zero-order chi connectivity index (χ0) is 29.1. The largest absolute Gasteiger partial charge is 0.493 e. The van der Waals surface area contributed by atoms with E-state index < -0.39 is 28.1 Å². The van der Waals surface area contributed by atoms with Crippen LogP contribution in [0.4, 0.5) is 5.69 Å². The minimum Gasteiger partial charge on any atom is -0.493 e. The van der Waals surface area contributed by atoms with Crippen molar-refractivity contribution in [1.82, 2.24) is 10.6 Å². The molecular formula is C30H39N3O6S. The molecule has 0 fully saturated rings. The second-order valence-electron chi connectivity index (χ2n) is 9.45. The van der Waals surface area contributed by atoms with Crippen molar-refractivity contribution in [2.75, 3.05) is 37.9 Å². The summed E-state index contributed by atoms with van der Waals surface area (Å²) < 4.78 is 37.1. The lowest BCUT2D eigenvalue weighted by atomic mass is 10.00. The van der Waals surface area contributed by atoms with Gasteiger partial charge in [-0.05, 0) is 42.7 Å². The third kappa shape index (κ3) is 8.20. The first-order valence-electron chi connectivity index (χ1n) is 13.2. The quantitative estimate of drug-likeness (QED) is 0.257. The Balaban J connectivity index is 1.75. The Kier molecular flexibility index (Phi) is 11.4. The molecule has 0 saturated carbocycles. The number of aliphatic hydroxyl groups excluding tert-OH is 1. The van der Waals surface area contributed by atoms with Gasteiger partial charge in [-0.2, -0.15) is 0 Å². The van der Waals surface area contributed by atoms with Crippen molar-refractivity contribution in [3.8, 4) is 11.5 Å². The summed E-state index contributed by atoms with van der Waals surface area (Å²) in [5.41, 5.74) is 2.53. The molecule has 0 aliphatic carbocycles. The maximum absolute atomic E-state index is 13.3. The lowest BCUT2D eigenvalue weighted by Gasteiger charge is -2.25. The number of anilines is 1. The van der Waals surface area contributed by atoms with Crippen molar-refractivity contribution in [1.29, 1.82) is 0 Å². The summed E-state index contributed by atoms with van der Waals surface area (Å²) in [6.45, 7) is 2.43. The topological polar surface area (TPSA) is 117 Å². The van der Waals surface area contributed by atoms with Crippen molar-refractivity contribution >= 4 is 21.6 Å². The Morgan fingerprint density at radius 3 is 2.40 bits per heavy atom. The van der Waals surface area contributed by atoms with Gasteiger partial charge in [0.15, 0.2) is 11.5 Å². The second-order valence-corrected chi connectivity index (χ2v) is 11.6. The zero-order valence-corrected chi connectivity index (χ0v) is 24.3. The summed E-state index contributed by atoms with van der Waals surface area (Å²) in [4.78, 5) is 13.3. The molecule has 0 aromatic heterocycles. The van der Waals surface area contributed by atoms with Crippen LogP contribution >= 0.6 is 0 Å². The number of nitrogens with zero attached hydrogens (tertiary/aromatic N) is 1. The number of nitrogens with one attached hydrogen (secondary N) is 2. The Labute approximate surface area is 237 Å². The Morgan fingerprint density at radius 1 is 1.00 bits per heavy atom. The molecule has 10 heteroatoms. The fourth-order valence-electron chi connectivity index (χ4n) is 4.39. The van der Waals surface area contributed by atoms with E-state index in [1.54, 1.807) is 45.4 Å². The predicted octanol–water partition coefficient (Wildman–Crippen LogP) is 3.37. The number of hydrogen-bond acceptors (Lipinski definition) is 7. The van der Waals surface area contributed by atoms with Gasteiger partial charge in [-0.15, -0.1) is 0 Å². The van der Waals surface area contributed by atoms with E-state index in [1.807, 2.05) is 48.5 Å². The SMILES string of the molecule is CCCS(=O)(=O)N(C)c1cccc(C(=O)N[C@@H](Cc2ccccc2)[C@H](O)CNCc2cccc(OC)c2OC)c1. The van der Waals surface area contributed by atoms with Crippen LogP contribution in [0, 0.1) is 0 Å². The van der Waals surface area contributed by atoms with E-state index in [2.05, 4.69) is 10.6 Å². The maximum Gasteiger partial charge on any atom is 0.251 e. The van der Waals surface area contributed by atoms with Crippen molar-refractivity contribution < 1.29 is 27.8 Å². The van der Waals surface area contributed by atoms with Gasteiger partial charge in [-0.1, -0.05) is 55.5 Å². The molecule has 1 amide bonds. The summed E-state index contributed by atoms with van der Waals surface area (Å²) in [5, 5.41) is 17.4. The molecule has 0 bridgehead atoms. The molecule has 3 aromatic rings. The molecule has 9 nitrogen and oxygen atoms in total. The number of carbonyl (C=O) groups is 1. The number of sulfonamides is 1. The predicted molar refractivity (Wildman–Crippen MR) is 158 cm³/mol. The highest BCUT2D eigenvalue weighted by molar-refractivity contribution is 7.92. The highest BCUT2D eigenvalue weighted by atomic mass is 32.2. The normalized spacial score (nSPS) is 12.8. The number of rotatable bonds is 15. The van der Waals surface area contributed by atoms with E-state index in [9.17, 15) is 18.3 Å². The van der Waals surface area contributed by atoms with Crippen molar-refractivity contribution in [2.45, 2.75) is 38.5 Å². The highest BCUT2D eigenvalue weighted by Gasteiger charge is 2.24. The molecule has 0 aliphatic rings. The van der Waals surface area contributed by atoms with E-state index in [1.165, 1.54) is 11.4 Å². The van der Waals surface area contributed by atoms with E-state index >= 15 is 0 Å². The van der Waals surface area contributed by atoms with Crippen LogP contribution in [-0.4, -0.2) is 65.1 Å². The first-order chi connectivity index (χ1) is 19.2. The number of benzene rings is 3. The molecule has 0 radical (unpaired) electrons. The molecule has 0 aliphatic heterocycles. The van der Waals surface area contributed by atoms with Crippen molar-refractivity contribution in [3.05, 3.63) is 89.5 Å². The average molecular weight is 570 g/mol. The fraction of sp³-hybridized carbons (Fsp3) is 0.367. The summed E-state index contributed by atoms with van der Waals surface area (Å²) >= 11 is 0.